The van der Waals surface area contributed by atoms with Gasteiger partial charge in [0.15, 0.2) is 0 Å². The van der Waals surface area contributed by atoms with E-state index in [9.17, 15) is 13.2 Å². The lowest BCUT2D eigenvalue weighted by molar-refractivity contribution is -0.120. The molecule has 0 spiro atoms. The number of amides is 1. The second-order valence-electron chi connectivity index (χ2n) is 6.93. The summed E-state index contributed by atoms with van der Waals surface area (Å²) in [7, 11) is -3.59. The summed E-state index contributed by atoms with van der Waals surface area (Å²) in [6, 6.07) is 7.37. The van der Waals surface area contributed by atoms with Crippen LogP contribution in [0.3, 0.4) is 0 Å². The Bertz CT molecular complexity index is 961. The van der Waals surface area contributed by atoms with Crippen LogP contribution in [0.15, 0.2) is 28.8 Å². The van der Waals surface area contributed by atoms with E-state index in [1.165, 1.54) is 8.61 Å². The van der Waals surface area contributed by atoms with Crippen molar-refractivity contribution in [3.05, 3.63) is 41.3 Å². The smallest absolute Gasteiger partial charge is 0.326 e. The Morgan fingerprint density at radius 1 is 1.26 bits per heavy atom. The Balaban J connectivity index is 1.43. The van der Waals surface area contributed by atoms with Gasteiger partial charge < -0.3 is 9.84 Å². The zero-order valence-corrected chi connectivity index (χ0v) is 16.1. The first-order valence-corrected chi connectivity index (χ1v) is 10.4. The fourth-order valence-corrected chi connectivity index (χ4v) is 5.35. The van der Waals surface area contributed by atoms with Crippen LogP contribution in [-0.2, 0) is 21.4 Å². The summed E-state index contributed by atoms with van der Waals surface area (Å²) < 4.78 is 33.9. The van der Waals surface area contributed by atoms with Crippen molar-refractivity contribution >= 4 is 27.5 Å². The van der Waals surface area contributed by atoms with Gasteiger partial charge in [0, 0.05) is 18.2 Å². The van der Waals surface area contributed by atoms with E-state index in [0.29, 0.717) is 17.1 Å². The molecular weight excluding hydrogens is 368 g/mol. The Labute approximate surface area is 158 Å². The van der Waals surface area contributed by atoms with Crippen molar-refractivity contribution in [3.8, 4) is 0 Å². The number of carbonyl (C=O) groups excluding carboxylic acids is 1. The standard InChI is InChI=1S/C18H22N4O4S/c1-12-15(13(2)26-20-12)11-18(23)19-9-10-21-16-5-3-4-6-17(16)22(14-7-8-14)27(21,24)25/h3-6,14H,7-11H2,1-2H3,(H,19,23). The molecule has 1 saturated carbocycles. The maximum absolute atomic E-state index is 13.0. The second kappa shape index (κ2) is 6.56. The lowest BCUT2D eigenvalue weighted by Gasteiger charge is -2.21. The molecular formula is C18H22N4O4S. The largest absolute Gasteiger partial charge is 0.361 e. The highest BCUT2D eigenvalue weighted by Gasteiger charge is 2.47. The average molecular weight is 390 g/mol. The Morgan fingerprint density at radius 2 is 1.96 bits per heavy atom. The third-order valence-corrected chi connectivity index (χ3v) is 6.88. The molecule has 2 aliphatic rings. The summed E-state index contributed by atoms with van der Waals surface area (Å²) in [6.07, 6.45) is 1.93. The van der Waals surface area contributed by atoms with Crippen molar-refractivity contribution in [2.45, 2.75) is 39.2 Å². The lowest BCUT2D eigenvalue weighted by atomic mass is 10.1. The maximum atomic E-state index is 13.0. The lowest BCUT2D eigenvalue weighted by Crippen LogP contribution is -2.43. The SMILES string of the molecule is Cc1noc(C)c1CC(=O)NCCN1c2ccccc2N(C2CC2)S1(=O)=O. The molecule has 9 heteroatoms. The first-order chi connectivity index (χ1) is 12.9. The summed E-state index contributed by atoms with van der Waals surface area (Å²) in [4.78, 5) is 12.2. The van der Waals surface area contributed by atoms with Crippen molar-refractivity contribution in [3.63, 3.8) is 0 Å². The quantitative estimate of drug-likeness (QED) is 0.810. The van der Waals surface area contributed by atoms with Crippen LogP contribution in [0.4, 0.5) is 11.4 Å². The minimum absolute atomic E-state index is 0.0512. The van der Waals surface area contributed by atoms with E-state index < -0.39 is 10.2 Å². The van der Waals surface area contributed by atoms with Gasteiger partial charge in [-0.05, 0) is 38.8 Å². The van der Waals surface area contributed by atoms with Crippen molar-refractivity contribution in [1.82, 2.24) is 10.5 Å². The van der Waals surface area contributed by atoms with Gasteiger partial charge in [0.25, 0.3) is 0 Å². The predicted molar refractivity (Wildman–Crippen MR) is 101 cm³/mol. The fraction of sp³-hybridized carbons (Fsp3) is 0.444. The van der Waals surface area contributed by atoms with Gasteiger partial charge in [-0.3, -0.25) is 4.79 Å². The summed E-state index contributed by atoms with van der Waals surface area (Å²) >= 11 is 0. The van der Waals surface area contributed by atoms with E-state index in [4.69, 9.17) is 4.52 Å². The molecule has 8 nitrogen and oxygen atoms in total. The molecule has 1 fully saturated rings. The first-order valence-electron chi connectivity index (χ1n) is 8.99. The number of nitrogens with zero attached hydrogens (tertiary/aromatic N) is 3. The number of benzene rings is 1. The maximum Gasteiger partial charge on any atom is 0.326 e. The van der Waals surface area contributed by atoms with Crippen LogP contribution in [0.25, 0.3) is 0 Å². The normalized spacial score (nSPS) is 17.9. The monoisotopic (exact) mass is 390 g/mol. The zero-order valence-electron chi connectivity index (χ0n) is 15.3. The van der Waals surface area contributed by atoms with Gasteiger partial charge in [0.05, 0.1) is 30.0 Å². The molecule has 0 unspecified atom stereocenters. The number of fused-ring (bicyclic) bond motifs is 1. The number of aryl methyl sites for hydroxylation is 2. The zero-order chi connectivity index (χ0) is 19.2. The Morgan fingerprint density at radius 3 is 2.59 bits per heavy atom. The van der Waals surface area contributed by atoms with Gasteiger partial charge in [0.2, 0.25) is 5.91 Å². The number of carbonyl (C=O) groups is 1. The van der Waals surface area contributed by atoms with Crippen LogP contribution < -0.4 is 13.9 Å². The van der Waals surface area contributed by atoms with Crippen LogP contribution in [-0.4, -0.2) is 38.6 Å². The van der Waals surface area contributed by atoms with Crippen LogP contribution in [0.1, 0.15) is 29.9 Å². The van der Waals surface area contributed by atoms with E-state index in [0.717, 1.165) is 24.1 Å². The molecule has 1 aromatic heterocycles. The number of nitrogens with one attached hydrogen (secondary N) is 1. The van der Waals surface area contributed by atoms with Crippen molar-refractivity contribution in [2.75, 3.05) is 21.7 Å². The summed E-state index contributed by atoms with van der Waals surface area (Å²) in [5.74, 6) is 0.437. The molecule has 0 radical (unpaired) electrons. The number of anilines is 2. The van der Waals surface area contributed by atoms with Gasteiger partial charge in [-0.25, -0.2) is 8.61 Å². The fourth-order valence-electron chi connectivity index (χ4n) is 3.42. The third kappa shape index (κ3) is 3.16. The van der Waals surface area contributed by atoms with E-state index in [-0.39, 0.29) is 31.5 Å². The van der Waals surface area contributed by atoms with Crippen molar-refractivity contribution in [1.29, 1.82) is 0 Å². The molecule has 1 aromatic carbocycles. The Hall–Kier alpha value is -2.55. The molecule has 0 atom stereocenters. The first kappa shape index (κ1) is 17.8. The topological polar surface area (TPSA) is 95.8 Å². The molecule has 144 valence electrons. The van der Waals surface area contributed by atoms with E-state index in [2.05, 4.69) is 10.5 Å². The minimum atomic E-state index is -3.59. The minimum Gasteiger partial charge on any atom is -0.361 e. The highest BCUT2D eigenvalue weighted by Crippen LogP contribution is 2.46. The molecule has 2 aromatic rings. The van der Waals surface area contributed by atoms with Gasteiger partial charge in [-0.1, -0.05) is 17.3 Å². The van der Waals surface area contributed by atoms with Crippen LogP contribution >= 0.6 is 0 Å². The van der Waals surface area contributed by atoms with Crippen molar-refractivity contribution in [2.24, 2.45) is 0 Å². The number of hydrogen-bond donors (Lipinski definition) is 1. The number of rotatable bonds is 6. The summed E-state index contributed by atoms with van der Waals surface area (Å²) in [5, 5.41) is 6.64. The molecule has 2 heterocycles. The number of aromatic nitrogens is 1. The Kier molecular flexibility index (Phi) is 4.33. The average Bonchev–Trinajstić information content (AvgIpc) is 3.37. The van der Waals surface area contributed by atoms with Gasteiger partial charge in [0.1, 0.15) is 5.76 Å². The molecule has 1 amide bonds. The molecule has 1 N–H and O–H groups in total. The van der Waals surface area contributed by atoms with Crippen LogP contribution in [0, 0.1) is 13.8 Å². The van der Waals surface area contributed by atoms with Crippen LogP contribution in [0.5, 0.6) is 0 Å². The van der Waals surface area contributed by atoms with E-state index in [1.807, 2.05) is 18.2 Å². The molecule has 0 saturated heterocycles. The van der Waals surface area contributed by atoms with Crippen LogP contribution in [0.2, 0.25) is 0 Å². The van der Waals surface area contributed by atoms with Crippen molar-refractivity contribution < 1.29 is 17.7 Å². The highest BCUT2D eigenvalue weighted by molar-refractivity contribution is 7.94. The molecule has 1 aliphatic carbocycles. The van der Waals surface area contributed by atoms with E-state index in [1.54, 1.807) is 19.9 Å². The molecule has 1 aliphatic heterocycles. The summed E-state index contributed by atoms with van der Waals surface area (Å²) in [6.45, 7) is 3.98. The summed E-state index contributed by atoms with van der Waals surface area (Å²) in [5.41, 5.74) is 2.86. The predicted octanol–water partition coefficient (Wildman–Crippen LogP) is 1.68. The molecule has 27 heavy (non-hydrogen) atoms. The number of hydrogen-bond acceptors (Lipinski definition) is 5. The molecule has 4 rings (SSSR count). The number of para-hydroxylation sites is 2. The van der Waals surface area contributed by atoms with Gasteiger partial charge >= 0.3 is 10.2 Å². The molecule has 0 bridgehead atoms. The third-order valence-electron chi connectivity index (χ3n) is 4.95. The van der Waals surface area contributed by atoms with Gasteiger partial charge in [-0.2, -0.15) is 8.42 Å². The van der Waals surface area contributed by atoms with E-state index >= 15 is 0 Å². The van der Waals surface area contributed by atoms with Gasteiger partial charge in [-0.15, -0.1) is 0 Å². The second-order valence-corrected chi connectivity index (χ2v) is 8.65. The highest BCUT2D eigenvalue weighted by atomic mass is 32.2.